The van der Waals surface area contributed by atoms with Crippen molar-refractivity contribution in [1.82, 2.24) is 15.1 Å². The fourth-order valence-corrected chi connectivity index (χ4v) is 7.23. The summed E-state index contributed by atoms with van der Waals surface area (Å²) in [5.74, 6) is 0.867. The number of carbonyl (C=O) groups is 2. The molecule has 9 heteroatoms. The molecule has 6 aromatic rings. The van der Waals surface area contributed by atoms with E-state index in [2.05, 4.69) is 41.3 Å². The van der Waals surface area contributed by atoms with Crippen LogP contribution in [0.25, 0.3) is 22.3 Å². The number of rotatable bonds is 11. The number of amides is 1. The van der Waals surface area contributed by atoms with E-state index in [1.165, 1.54) is 0 Å². The highest BCUT2D eigenvalue weighted by molar-refractivity contribution is 5.94. The Morgan fingerprint density at radius 3 is 1.41 bits per heavy atom. The van der Waals surface area contributed by atoms with Gasteiger partial charge in [0.15, 0.2) is 0 Å². The second kappa shape index (κ2) is 22.9. The van der Waals surface area contributed by atoms with Gasteiger partial charge in [-0.25, -0.2) is 4.79 Å². The zero-order valence-corrected chi connectivity index (χ0v) is 35.3. The van der Waals surface area contributed by atoms with Crippen molar-refractivity contribution in [2.24, 2.45) is 5.73 Å². The number of piperidine rings is 2. The van der Waals surface area contributed by atoms with E-state index in [1.807, 2.05) is 133 Å². The zero-order valence-electron chi connectivity index (χ0n) is 35.3. The molecular formula is C52H58N4O5. The monoisotopic (exact) mass is 818 g/mol. The van der Waals surface area contributed by atoms with Crippen LogP contribution in [0.1, 0.15) is 57.5 Å². The highest BCUT2D eigenvalue weighted by Gasteiger charge is 2.19. The summed E-state index contributed by atoms with van der Waals surface area (Å²) in [6, 6.07) is 50.7. The van der Waals surface area contributed by atoms with Crippen molar-refractivity contribution in [3.63, 3.8) is 0 Å². The predicted molar refractivity (Wildman–Crippen MR) is 245 cm³/mol. The molecule has 61 heavy (non-hydrogen) atoms. The summed E-state index contributed by atoms with van der Waals surface area (Å²) in [5.41, 5.74) is 13.1. The first-order valence-electron chi connectivity index (χ1n) is 21.1. The topological polar surface area (TPSA) is 117 Å². The van der Waals surface area contributed by atoms with Crippen molar-refractivity contribution in [3.05, 3.63) is 180 Å². The van der Waals surface area contributed by atoms with Gasteiger partial charge in [0, 0.05) is 44.8 Å². The Morgan fingerprint density at radius 2 is 0.967 bits per heavy atom. The molecule has 6 aromatic carbocycles. The van der Waals surface area contributed by atoms with Gasteiger partial charge in [-0.3, -0.25) is 4.79 Å². The molecule has 0 saturated carbocycles. The Labute approximate surface area is 360 Å². The first-order valence-corrected chi connectivity index (χ1v) is 21.1. The van der Waals surface area contributed by atoms with Gasteiger partial charge in [-0.1, -0.05) is 109 Å². The van der Waals surface area contributed by atoms with Crippen LogP contribution in [0.5, 0.6) is 11.5 Å². The molecule has 9 nitrogen and oxygen atoms in total. The van der Waals surface area contributed by atoms with E-state index < -0.39 is 5.97 Å². The number of nitrogens with zero attached hydrogens (tertiary/aromatic N) is 2. The van der Waals surface area contributed by atoms with Crippen molar-refractivity contribution in [3.8, 4) is 33.8 Å². The Bertz CT molecular complexity index is 2230. The first kappa shape index (κ1) is 44.3. The van der Waals surface area contributed by atoms with Gasteiger partial charge in [-0.05, 0) is 122 Å². The van der Waals surface area contributed by atoms with Gasteiger partial charge in [0.05, 0.1) is 5.56 Å². The van der Waals surface area contributed by atoms with E-state index in [0.29, 0.717) is 30.3 Å². The van der Waals surface area contributed by atoms with Gasteiger partial charge in [-0.2, -0.15) is 0 Å². The maximum atomic E-state index is 12.6. The first-order chi connectivity index (χ1) is 29.7. The van der Waals surface area contributed by atoms with Crippen molar-refractivity contribution in [2.45, 2.75) is 51.0 Å². The number of carboxylic acids is 1. The van der Waals surface area contributed by atoms with E-state index in [9.17, 15) is 9.59 Å². The largest absolute Gasteiger partial charge is 0.490 e. The summed E-state index contributed by atoms with van der Waals surface area (Å²) in [6.45, 7) is 5.45. The maximum absolute atomic E-state index is 12.6. The molecule has 0 aliphatic carbocycles. The van der Waals surface area contributed by atoms with Gasteiger partial charge in [0.2, 0.25) is 0 Å². The predicted octanol–water partition coefficient (Wildman–Crippen LogP) is 9.43. The summed E-state index contributed by atoms with van der Waals surface area (Å²) in [5, 5.41) is 11.8. The van der Waals surface area contributed by atoms with Crippen LogP contribution in [-0.4, -0.2) is 79.3 Å². The molecule has 1 amide bonds. The van der Waals surface area contributed by atoms with Crippen LogP contribution < -0.4 is 20.5 Å². The normalized spacial score (nSPS) is 14.7. The average molecular weight is 819 g/mol. The molecular weight excluding hydrogens is 761 g/mol. The minimum Gasteiger partial charge on any atom is -0.490 e. The third kappa shape index (κ3) is 14.2. The van der Waals surface area contributed by atoms with E-state index >= 15 is 0 Å². The van der Waals surface area contributed by atoms with Gasteiger partial charge in [0.1, 0.15) is 23.7 Å². The second-order valence-electron chi connectivity index (χ2n) is 15.6. The number of carbonyl (C=O) groups excluding carboxylic acids is 1. The lowest BCUT2D eigenvalue weighted by atomic mass is 10.0. The molecule has 4 N–H and O–H groups in total. The number of aromatic carboxylic acids is 1. The lowest BCUT2D eigenvalue weighted by Crippen LogP contribution is -2.35. The molecule has 316 valence electrons. The highest BCUT2D eigenvalue weighted by Crippen LogP contribution is 2.23. The van der Waals surface area contributed by atoms with Crippen LogP contribution in [0.3, 0.4) is 0 Å². The van der Waals surface area contributed by atoms with Crippen molar-refractivity contribution < 1.29 is 24.2 Å². The minimum absolute atomic E-state index is 0.0729. The van der Waals surface area contributed by atoms with Crippen LogP contribution in [0, 0.1) is 0 Å². The molecule has 0 atom stereocenters. The molecule has 2 saturated heterocycles. The van der Waals surface area contributed by atoms with Gasteiger partial charge >= 0.3 is 5.97 Å². The highest BCUT2D eigenvalue weighted by atomic mass is 16.5. The Balaban J connectivity index is 0.000000169. The standard InChI is InChI=1S/C26H28N2O2.C13H20N2O.C13H10O2/c1-28-16-14-24(15-17-28)30-25-9-5-6-20(18-25)19-27-26(29)23-12-10-22(11-13-23)21-7-3-2-4-8-21;1-15-7-5-12(6-8-15)16-13-4-2-3-11(9-13)10-14;14-13(15)12-8-6-11(7-9-12)10-4-2-1-3-5-10/h2-13,18,24H,14-17,19H2,1H3,(H,27,29);2-4,9,12H,5-8,10,14H2,1H3;1-9H,(H,14,15). The average Bonchev–Trinajstić information content (AvgIpc) is 3.31. The summed E-state index contributed by atoms with van der Waals surface area (Å²) >= 11 is 0. The number of hydrogen-bond acceptors (Lipinski definition) is 7. The molecule has 0 spiro atoms. The van der Waals surface area contributed by atoms with Crippen LogP contribution >= 0.6 is 0 Å². The van der Waals surface area contributed by atoms with Crippen LogP contribution in [0.15, 0.2) is 158 Å². The van der Waals surface area contributed by atoms with Crippen LogP contribution in [0.4, 0.5) is 0 Å². The summed E-state index contributed by atoms with van der Waals surface area (Å²) in [4.78, 5) is 27.9. The quantitative estimate of drug-likeness (QED) is 0.118. The smallest absolute Gasteiger partial charge is 0.335 e. The molecule has 0 aromatic heterocycles. The number of ether oxygens (including phenoxy) is 2. The lowest BCUT2D eigenvalue weighted by Gasteiger charge is -2.29. The van der Waals surface area contributed by atoms with Crippen LogP contribution in [0.2, 0.25) is 0 Å². The van der Waals surface area contributed by atoms with E-state index in [1.54, 1.807) is 12.1 Å². The number of hydrogen-bond donors (Lipinski definition) is 3. The molecule has 0 bridgehead atoms. The van der Waals surface area contributed by atoms with Gasteiger partial charge in [-0.15, -0.1) is 0 Å². The van der Waals surface area contributed by atoms with Gasteiger partial charge < -0.3 is 35.4 Å². The van der Waals surface area contributed by atoms with Gasteiger partial charge in [0.25, 0.3) is 5.91 Å². The van der Waals surface area contributed by atoms with Crippen molar-refractivity contribution in [2.75, 3.05) is 40.3 Å². The number of nitrogens with two attached hydrogens (primary N) is 1. The van der Waals surface area contributed by atoms with E-state index in [-0.39, 0.29) is 12.0 Å². The molecule has 2 heterocycles. The summed E-state index contributed by atoms with van der Waals surface area (Å²) < 4.78 is 12.1. The van der Waals surface area contributed by atoms with E-state index in [4.69, 9.17) is 20.3 Å². The zero-order chi connectivity index (χ0) is 42.8. The SMILES string of the molecule is CN1CCC(Oc2cccc(CN)c2)CC1.CN1CCC(Oc2cccc(CNC(=O)c3ccc(-c4ccccc4)cc3)c2)CC1.O=C(O)c1ccc(-c2ccccc2)cc1. The third-order valence-electron chi connectivity index (χ3n) is 10.9. The Morgan fingerprint density at radius 1 is 0.557 bits per heavy atom. The molecule has 2 fully saturated rings. The molecule has 2 aliphatic rings. The fourth-order valence-electron chi connectivity index (χ4n) is 7.23. The Hall–Kier alpha value is -6.26. The maximum Gasteiger partial charge on any atom is 0.335 e. The number of nitrogens with one attached hydrogen (secondary N) is 1. The van der Waals surface area contributed by atoms with E-state index in [0.717, 1.165) is 96.7 Å². The third-order valence-corrected chi connectivity index (χ3v) is 10.9. The molecule has 2 aliphatic heterocycles. The molecule has 8 rings (SSSR count). The number of benzene rings is 6. The van der Waals surface area contributed by atoms with Crippen LogP contribution in [-0.2, 0) is 13.1 Å². The van der Waals surface area contributed by atoms with Crippen molar-refractivity contribution >= 4 is 11.9 Å². The lowest BCUT2D eigenvalue weighted by molar-refractivity contribution is 0.0696. The summed E-state index contributed by atoms with van der Waals surface area (Å²) in [6.07, 6.45) is 4.97. The van der Waals surface area contributed by atoms with Crippen molar-refractivity contribution in [1.29, 1.82) is 0 Å². The molecule has 0 radical (unpaired) electrons. The number of carboxylic acid groups (broad SMARTS) is 1. The Kier molecular flexibility index (Phi) is 16.7. The number of likely N-dealkylation sites (tertiary alicyclic amines) is 2. The second-order valence-corrected chi connectivity index (χ2v) is 15.6. The minimum atomic E-state index is -0.894. The summed E-state index contributed by atoms with van der Waals surface area (Å²) in [7, 11) is 4.31. The molecule has 0 unspecified atom stereocenters. The fraction of sp³-hybridized carbons (Fsp3) is 0.269.